The van der Waals surface area contributed by atoms with E-state index in [0.717, 1.165) is 0 Å². The molecule has 5 nitrogen and oxygen atoms in total. The quantitative estimate of drug-likeness (QED) is 0.560. The number of sulfone groups is 1. The van der Waals surface area contributed by atoms with Crippen LogP contribution in [0, 0.1) is 0 Å². The Morgan fingerprint density at radius 1 is 0.871 bits per heavy atom. The fourth-order valence-corrected chi connectivity index (χ4v) is 4.06. The van der Waals surface area contributed by atoms with Gasteiger partial charge in [0.1, 0.15) is 5.75 Å². The molecule has 0 unspecified atom stereocenters. The van der Waals surface area contributed by atoms with Gasteiger partial charge in [-0.1, -0.05) is 30.3 Å². The highest BCUT2D eigenvalue weighted by molar-refractivity contribution is 7.90. The van der Waals surface area contributed by atoms with Gasteiger partial charge in [0, 0.05) is 11.3 Å². The highest BCUT2D eigenvalue weighted by Crippen LogP contribution is 2.21. The van der Waals surface area contributed by atoms with Crippen LogP contribution in [-0.4, -0.2) is 27.1 Å². The predicted molar refractivity (Wildman–Crippen MR) is 110 cm³/mol. The van der Waals surface area contributed by atoms with Crippen LogP contribution in [-0.2, 0) is 15.6 Å². The van der Waals surface area contributed by atoms with E-state index in [2.05, 4.69) is 10.1 Å². The van der Waals surface area contributed by atoms with Crippen LogP contribution < -0.4 is 10.1 Å². The Morgan fingerprint density at radius 2 is 1.48 bits per heavy atom. The summed E-state index contributed by atoms with van der Waals surface area (Å²) in [6.45, 7) is -1.40. The van der Waals surface area contributed by atoms with E-state index < -0.39 is 28.5 Å². The number of rotatable bonds is 7. The Bertz CT molecular complexity index is 1130. The highest BCUT2D eigenvalue weighted by atomic mass is 32.2. The van der Waals surface area contributed by atoms with E-state index in [9.17, 15) is 26.4 Å². The van der Waals surface area contributed by atoms with E-state index in [1.807, 2.05) is 0 Å². The van der Waals surface area contributed by atoms with Crippen molar-refractivity contribution in [2.24, 2.45) is 0 Å². The first-order chi connectivity index (χ1) is 14.6. The van der Waals surface area contributed by atoms with Crippen molar-refractivity contribution in [2.75, 3.05) is 11.9 Å². The van der Waals surface area contributed by atoms with Gasteiger partial charge in [0.15, 0.2) is 16.4 Å². The van der Waals surface area contributed by atoms with Crippen molar-refractivity contribution in [3.63, 3.8) is 0 Å². The molecule has 3 rings (SSSR count). The minimum absolute atomic E-state index is 0.0271. The summed E-state index contributed by atoms with van der Waals surface area (Å²) in [5, 5.41) is 2.62. The van der Waals surface area contributed by atoms with Gasteiger partial charge in [-0.3, -0.25) is 4.79 Å². The van der Waals surface area contributed by atoms with Gasteiger partial charge in [0.05, 0.1) is 10.6 Å². The number of benzene rings is 3. The molecular formula is C22H18F3NO4S. The van der Waals surface area contributed by atoms with Crippen LogP contribution in [0.4, 0.5) is 18.9 Å². The van der Waals surface area contributed by atoms with Crippen LogP contribution in [0.2, 0.25) is 0 Å². The molecule has 0 atom stereocenters. The van der Waals surface area contributed by atoms with E-state index in [1.165, 1.54) is 48.5 Å². The normalized spacial score (nSPS) is 11.7. The van der Waals surface area contributed by atoms with Crippen molar-refractivity contribution in [3.8, 4) is 5.75 Å². The molecule has 0 radical (unpaired) electrons. The second kappa shape index (κ2) is 9.22. The number of carbonyl (C=O) groups excluding carboxylic acids is 1. The van der Waals surface area contributed by atoms with Gasteiger partial charge in [-0.2, -0.15) is 13.2 Å². The third-order valence-corrected chi connectivity index (χ3v) is 5.89. The van der Waals surface area contributed by atoms with Crippen molar-refractivity contribution in [1.29, 1.82) is 0 Å². The first kappa shape index (κ1) is 22.4. The molecule has 1 amide bonds. The summed E-state index contributed by atoms with van der Waals surface area (Å²) >= 11 is 0. The van der Waals surface area contributed by atoms with Crippen molar-refractivity contribution < 1.29 is 31.1 Å². The molecule has 162 valence electrons. The third kappa shape index (κ3) is 6.58. The van der Waals surface area contributed by atoms with Crippen molar-refractivity contribution in [1.82, 2.24) is 0 Å². The Hall–Kier alpha value is -3.33. The molecule has 3 aromatic rings. The third-order valence-electron chi connectivity index (χ3n) is 4.19. The summed E-state index contributed by atoms with van der Waals surface area (Å²) in [4.78, 5) is 12.6. The standard InChI is InChI=1S/C22H18F3NO4S/c23-22(24,25)15-30-19-12-10-18(11-13-19)26-21(27)17-8-6-16(7-9-17)14-31(28,29)20-4-2-1-3-5-20/h1-13H,14-15H2,(H,26,27). The van der Waals surface area contributed by atoms with E-state index in [1.54, 1.807) is 30.3 Å². The molecule has 0 heterocycles. The molecule has 0 fully saturated rings. The van der Waals surface area contributed by atoms with E-state index >= 15 is 0 Å². The zero-order chi connectivity index (χ0) is 22.5. The highest BCUT2D eigenvalue weighted by Gasteiger charge is 2.28. The molecule has 0 saturated heterocycles. The molecule has 9 heteroatoms. The van der Waals surface area contributed by atoms with Crippen LogP contribution in [0.1, 0.15) is 15.9 Å². The largest absolute Gasteiger partial charge is 0.484 e. The average Bonchev–Trinajstić information content (AvgIpc) is 2.73. The molecule has 0 aliphatic heterocycles. The van der Waals surface area contributed by atoms with Gasteiger partial charge in [0.25, 0.3) is 5.91 Å². The maximum absolute atomic E-state index is 12.4. The number of alkyl halides is 3. The van der Waals surface area contributed by atoms with Crippen LogP contribution in [0.15, 0.2) is 83.8 Å². The topological polar surface area (TPSA) is 72.5 Å². The molecular weight excluding hydrogens is 431 g/mol. The lowest BCUT2D eigenvalue weighted by molar-refractivity contribution is -0.153. The first-order valence-electron chi connectivity index (χ1n) is 9.10. The zero-order valence-electron chi connectivity index (χ0n) is 16.1. The molecule has 1 N–H and O–H groups in total. The molecule has 0 aliphatic carbocycles. The summed E-state index contributed by atoms with van der Waals surface area (Å²) in [6.07, 6.45) is -4.43. The number of hydrogen-bond acceptors (Lipinski definition) is 4. The van der Waals surface area contributed by atoms with E-state index in [4.69, 9.17) is 0 Å². The number of amides is 1. The SMILES string of the molecule is O=C(Nc1ccc(OCC(F)(F)F)cc1)c1ccc(CS(=O)(=O)c2ccccc2)cc1. The number of carbonyl (C=O) groups is 1. The second-order valence-corrected chi connectivity index (χ2v) is 8.64. The summed E-state index contributed by atoms with van der Waals surface area (Å²) < 4.78 is 66.0. The second-order valence-electron chi connectivity index (χ2n) is 6.65. The molecule has 0 aliphatic rings. The zero-order valence-corrected chi connectivity index (χ0v) is 16.9. The average molecular weight is 449 g/mol. The van der Waals surface area contributed by atoms with Gasteiger partial charge < -0.3 is 10.1 Å². The first-order valence-corrected chi connectivity index (χ1v) is 10.8. The minimum atomic E-state index is -4.43. The van der Waals surface area contributed by atoms with Gasteiger partial charge in [-0.25, -0.2) is 8.42 Å². The fraction of sp³-hybridized carbons (Fsp3) is 0.136. The van der Waals surface area contributed by atoms with Crippen molar-refractivity contribution in [3.05, 3.63) is 90.0 Å². The summed E-state index contributed by atoms with van der Waals surface area (Å²) in [6, 6.07) is 19.7. The maximum Gasteiger partial charge on any atom is 0.422 e. The molecule has 3 aromatic carbocycles. The number of hydrogen-bond donors (Lipinski definition) is 1. The Kier molecular flexibility index (Phi) is 6.65. The summed E-state index contributed by atoms with van der Waals surface area (Å²) in [5.74, 6) is -0.612. The van der Waals surface area contributed by atoms with Crippen molar-refractivity contribution in [2.45, 2.75) is 16.8 Å². The van der Waals surface area contributed by atoms with Gasteiger partial charge in [0.2, 0.25) is 0 Å². The molecule has 0 saturated carbocycles. The monoisotopic (exact) mass is 449 g/mol. The Labute approximate surface area is 177 Å². The smallest absolute Gasteiger partial charge is 0.422 e. The van der Waals surface area contributed by atoms with Crippen LogP contribution in [0.25, 0.3) is 0 Å². The predicted octanol–water partition coefficient (Wildman–Crippen LogP) is 4.85. The molecule has 31 heavy (non-hydrogen) atoms. The fourth-order valence-electron chi connectivity index (χ4n) is 2.69. The molecule has 0 spiro atoms. The van der Waals surface area contributed by atoms with Gasteiger partial charge in [-0.15, -0.1) is 0 Å². The maximum atomic E-state index is 12.4. The lowest BCUT2D eigenvalue weighted by Crippen LogP contribution is -2.19. The Balaban J connectivity index is 1.60. The molecule has 0 bridgehead atoms. The number of nitrogens with one attached hydrogen (secondary N) is 1. The van der Waals surface area contributed by atoms with Gasteiger partial charge in [-0.05, 0) is 54.1 Å². The number of ether oxygens (including phenoxy) is 1. The summed E-state index contributed by atoms with van der Waals surface area (Å²) in [7, 11) is -3.50. The van der Waals surface area contributed by atoms with Crippen LogP contribution >= 0.6 is 0 Å². The van der Waals surface area contributed by atoms with Crippen LogP contribution in [0.3, 0.4) is 0 Å². The Morgan fingerprint density at radius 3 is 2.06 bits per heavy atom. The van der Waals surface area contributed by atoms with E-state index in [-0.39, 0.29) is 16.4 Å². The minimum Gasteiger partial charge on any atom is -0.484 e. The number of halogens is 3. The lowest BCUT2D eigenvalue weighted by atomic mass is 10.1. The number of anilines is 1. The van der Waals surface area contributed by atoms with E-state index in [0.29, 0.717) is 16.8 Å². The van der Waals surface area contributed by atoms with Crippen molar-refractivity contribution >= 4 is 21.4 Å². The molecule has 0 aromatic heterocycles. The lowest BCUT2D eigenvalue weighted by Gasteiger charge is -2.10. The van der Waals surface area contributed by atoms with Gasteiger partial charge >= 0.3 is 6.18 Å². The van der Waals surface area contributed by atoms with Crippen LogP contribution in [0.5, 0.6) is 5.75 Å². The summed E-state index contributed by atoms with van der Waals surface area (Å²) in [5.41, 5.74) is 1.21.